The fraction of sp³-hybridized carbons (Fsp3) is 0.588. The molecule has 0 radical (unpaired) electrons. The molecule has 0 aliphatic carbocycles. The van der Waals surface area contributed by atoms with Crippen LogP contribution < -0.4 is 0 Å². The van der Waals surface area contributed by atoms with Gasteiger partial charge < -0.3 is 9.64 Å². The van der Waals surface area contributed by atoms with E-state index in [2.05, 4.69) is 11.8 Å². The highest BCUT2D eigenvalue weighted by Gasteiger charge is 2.20. The van der Waals surface area contributed by atoms with E-state index in [9.17, 15) is 4.79 Å². The van der Waals surface area contributed by atoms with Crippen molar-refractivity contribution in [3.8, 4) is 0 Å². The van der Waals surface area contributed by atoms with Crippen LogP contribution in [-0.4, -0.2) is 43.0 Å². The van der Waals surface area contributed by atoms with Crippen molar-refractivity contribution in [1.29, 1.82) is 0 Å². The van der Waals surface area contributed by atoms with Gasteiger partial charge in [-0.2, -0.15) is 0 Å². The summed E-state index contributed by atoms with van der Waals surface area (Å²) in [5.74, 6) is 0.238. The maximum atomic E-state index is 12.1. The highest BCUT2D eigenvalue weighted by molar-refractivity contribution is 5.96. The Morgan fingerprint density at radius 2 is 2.15 bits per heavy atom. The summed E-state index contributed by atoms with van der Waals surface area (Å²) in [6.45, 7) is 5.90. The summed E-state index contributed by atoms with van der Waals surface area (Å²) in [6, 6.07) is 9.57. The van der Waals surface area contributed by atoms with E-state index in [1.54, 1.807) is 0 Å². The normalized spacial score (nSPS) is 19.9. The van der Waals surface area contributed by atoms with Crippen LogP contribution in [0.5, 0.6) is 0 Å². The number of carbonyl (C=O) groups is 1. The molecule has 1 unspecified atom stereocenters. The van der Waals surface area contributed by atoms with Crippen LogP contribution in [-0.2, 0) is 4.74 Å². The van der Waals surface area contributed by atoms with Gasteiger partial charge in [0.25, 0.3) is 0 Å². The van der Waals surface area contributed by atoms with E-state index in [-0.39, 0.29) is 5.78 Å². The lowest BCUT2D eigenvalue weighted by Gasteiger charge is -2.32. The zero-order valence-corrected chi connectivity index (χ0v) is 12.4. The molecule has 1 aromatic rings. The third-order valence-electron chi connectivity index (χ3n) is 3.77. The van der Waals surface area contributed by atoms with Gasteiger partial charge in [-0.3, -0.25) is 4.79 Å². The van der Waals surface area contributed by atoms with Gasteiger partial charge in [0.05, 0.1) is 6.10 Å². The second-order valence-electron chi connectivity index (χ2n) is 5.47. The number of ether oxygens (including phenoxy) is 1. The van der Waals surface area contributed by atoms with Gasteiger partial charge in [-0.1, -0.05) is 37.3 Å². The van der Waals surface area contributed by atoms with Gasteiger partial charge in [-0.25, -0.2) is 0 Å². The van der Waals surface area contributed by atoms with Crippen molar-refractivity contribution >= 4 is 5.78 Å². The Hall–Kier alpha value is -1.19. The molecule has 2 rings (SSSR count). The molecule has 1 aromatic carbocycles. The number of benzene rings is 1. The fourth-order valence-corrected chi connectivity index (χ4v) is 2.66. The number of ketones is 1. The standard InChI is InChI=1S/C17H25NO2/c1-2-13-20-16-9-6-11-18(14-16)12-10-17(19)15-7-4-3-5-8-15/h3-5,7-8,16H,2,6,9-14H2,1H3. The smallest absolute Gasteiger partial charge is 0.164 e. The van der Waals surface area contributed by atoms with Gasteiger partial charge >= 0.3 is 0 Å². The Bertz CT molecular complexity index is 405. The fourth-order valence-electron chi connectivity index (χ4n) is 2.66. The Morgan fingerprint density at radius 3 is 2.90 bits per heavy atom. The summed E-state index contributed by atoms with van der Waals surface area (Å²) in [7, 11) is 0. The number of carbonyl (C=O) groups excluding carboxylic acids is 1. The van der Waals surface area contributed by atoms with Crippen molar-refractivity contribution < 1.29 is 9.53 Å². The second-order valence-corrected chi connectivity index (χ2v) is 5.47. The predicted octanol–water partition coefficient (Wildman–Crippen LogP) is 3.15. The van der Waals surface area contributed by atoms with Crippen molar-refractivity contribution in [2.45, 2.75) is 38.7 Å². The first kappa shape index (κ1) is 15.2. The molecule has 0 N–H and O–H groups in total. The summed E-state index contributed by atoms with van der Waals surface area (Å²) >= 11 is 0. The third-order valence-corrected chi connectivity index (χ3v) is 3.77. The minimum absolute atomic E-state index is 0.238. The van der Waals surface area contributed by atoms with Crippen molar-refractivity contribution in [3.05, 3.63) is 35.9 Å². The van der Waals surface area contributed by atoms with E-state index < -0.39 is 0 Å². The summed E-state index contributed by atoms with van der Waals surface area (Å²) in [5, 5.41) is 0. The number of Topliss-reactive ketones (excluding diaryl/α,β-unsaturated/α-hetero) is 1. The minimum Gasteiger partial charge on any atom is -0.377 e. The average Bonchev–Trinajstić information content (AvgIpc) is 2.52. The van der Waals surface area contributed by atoms with Gasteiger partial charge in [0.1, 0.15) is 0 Å². The highest BCUT2D eigenvalue weighted by Crippen LogP contribution is 2.14. The second kappa shape index (κ2) is 8.18. The van der Waals surface area contributed by atoms with Crippen LogP contribution in [0.1, 0.15) is 43.0 Å². The molecule has 0 amide bonds. The number of piperidine rings is 1. The summed E-state index contributed by atoms with van der Waals surface area (Å²) in [6.07, 6.45) is 4.36. The largest absolute Gasteiger partial charge is 0.377 e. The number of nitrogens with zero attached hydrogens (tertiary/aromatic N) is 1. The Kier molecular flexibility index (Phi) is 6.22. The quantitative estimate of drug-likeness (QED) is 0.716. The maximum absolute atomic E-state index is 12.1. The molecular weight excluding hydrogens is 250 g/mol. The van der Waals surface area contributed by atoms with E-state index in [0.717, 1.165) is 44.6 Å². The molecule has 0 aromatic heterocycles. The van der Waals surface area contributed by atoms with E-state index in [0.29, 0.717) is 12.5 Å². The number of hydrogen-bond donors (Lipinski definition) is 0. The van der Waals surface area contributed by atoms with E-state index in [4.69, 9.17) is 4.74 Å². The molecule has 1 aliphatic heterocycles. The first-order valence-electron chi connectivity index (χ1n) is 7.72. The molecular formula is C17H25NO2. The maximum Gasteiger partial charge on any atom is 0.164 e. The van der Waals surface area contributed by atoms with E-state index in [1.165, 1.54) is 6.42 Å². The van der Waals surface area contributed by atoms with Gasteiger partial charge in [-0.05, 0) is 25.8 Å². The highest BCUT2D eigenvalue weighted by atomic mass is 16.5. The molecule has 0 saturated carbocycles. The topological polar surface area (TPSA) is 29.5 Å². The van der Waals surface area contributed by atoms with Crippen molar-refractivity contribution in [3.63, 3.8) is 0 Å². The van der Waals surface area contributed by atoms with Crippen LogP contribution in [0, 0.1) is 0 Å². The van der Waals surface area contributed by atoms with Crippen LogP contribution in [0.25, 0.3) is 0 Å². The molecule has 1 saturated heterocycles. The van der Waals surface area contributed by atoms with E-state index in [1.807, 2.05) is 30.3 Å². The van der Waals surface area contributed by atoms with Crippen molar-refractivity contribution in [1.82, 2.24) is 4.90 Å². The van der Waals surface area contributed by atoms with Gasteiger partial charge in [-0.15, -0.1) is 0 Å². The van der Waals surface area contributed by atoms with Crippen LogP contribution in [0.3, 0.4) is 0 Å². The lowest BCUT2D eigenvalue weighted by molar-refractivity contribution is -0.0000194. The van der Waals surface area contributed by atoms with Crippen LogP contribution in [0.15, 0.2) is 30.3 Å². The molecule has 1 heterocycles. The molecule has 1 aliphatic rings. The van der Waals surface area contributed by atoms with Crippen LogP contribution >= 0.6 is 0 Å². The number of likely N-dealkylation sites (tertiary alicyclic amines) is 1. The summed E-state index contributed by atoms with van der Waals surface area (Å²) < 4.78 is 5.83. The average molecular weight is 275 g/mol. The van der Waals surface area contributed by atoms with Gasteiger partial charge in [0.2, 0.25) is 0 Å². The van der Waals surface area contributed by atoms with Crippen molar-refractivity contribution in [2.24, 2.45) is 0 Å². The molecule has 1 atom stereocenters. The third kappa shape index (κ3) is 4.73. The monoisotopic (exact) mass is 275 g/mol. The first-order valence-corrected chi connectivity index (χ1v) is 7.72. The predicted molar refractivity (Wildman–Crippen MR) is 81.1 cm³/mol. The number of hydrogen-bond acceptors (Lipinski definition) is 3. The lowest BCUT2D eigenvalue weighted by Crippen LogP contribution is -2.40. The SMILES string of the molecule is CCCOC1CCCN(CCC(=O)c2ccccc2)C1. The molecule has 20 heavy (non-hydrogen) atoms. The van der Waals surface area contributed by atoms with Crippen LogP contribution in [0.4, 0.5) is 0 Å². The lowest BCUT2D eigenvalue weighted by atomic mass is 10.1. The van der Waals surface area contributed by atoms with Crippen LogP contribution in [0.2, 0.25) is 0 Å². The zero-order chi connectivity index (χ0) is 14.2. The van der Waals surface area contributed by atoms with E-state index >= 15 is 0 Å². The van der Waals surface area contributed by atoms with Gasteiger partial charge in [0.15, 0.2) is 5.78 Å². The molecule has 0 bridgehead atoms. The summed E-state index contributed by atoms with van der Waals surface area (Å²) in [5.41, 5.74) is 0.822. The minimum atomic E-state index is 0.238. The Morgan fingerprint density at radius 1 is 1.35 bits per heavy atom. The van der Waals surface area contributed by atoms with Crippen molar-refractivity contribution in [2.75, 3.05) is 26.2 Å². The van der Waals surface area contributed by atoms with Gasteiger partial charge in [0, 0.05) is 31.7 Å². The molecule has 110 valence electrons. The Labute approximate surface area is 121 Å². The Balaban J connectivity index is 1.74. The number of rotatable bonds is 7. The zero-order valence-electron chi connectivity index (χ0n) is 12.4. The molecule has 1 fully saturated rings. The molecule has 3 nitrogen and oxygen atoms in total. The first-order chi connectivity index (χ1) is 9.79. The molecule has 0 spiro atoms. The molecule has 3 heteroatoms. The summed E-state index contributed by atoms with van der Waals surface area (Å²) in [4.78, 5) is 14.4.